The largest absolute Gasteiger partial charge is 0.448 e. The minimum Gasteiger partial charge on any atom is -0.448 e. The van der Waals surface area contributed by atoms with Crippen molar-refractivity contribution in [1.29, 1.82) is 0 Å². The highest BCUT2D eigenvalue weighted by molar-refractivity contribution is 5.94. The number of amides is 2. The molecule has 0 aliphatic rings. The summed E-state index contributed by atoms with van der Waals surface area (Å²) in [6.45, 7) is 0.870. The zero-order chi connectivity index (χ0) is 13.4. The number of carbonyl (C=O) groups is 2. The molecular formula is C12H17N3O3. The second-order valence-corrected chi connectivity index (χ2v) is 3.66. The van der Waals surface area contributed by atoms with E-state index in [1.807, 2.05) is 12.1 Å². The number of ether oxygens (including phenoxy) is 1. The van der Waals surface area contributed by atoms with Crippen LogP contribution in [0.25, 0.3) is 0 Å². The Morgan fingerprint density at radius 1 is 1.22 bits per heavy atom. The van der Waals surface area contributed by atoms with Crippen molar-refractivity contribution in [2.75, 3.05) is 19.7 Å². The van der Waals surface area contributed by atoms with Crippen LogP contribution >= 0.6 is 0 Å². The lowest BCUT2D eigenvalue weighted by molar-refractivity contribution is 0.0937. The summed E-state index contributed by atoms with van der Waals surface area (Å²) in [5.41, 5.74) is 11.9. The third kappa shape index (κ3) is 4.84. The molecule has 0 bridgehead atoms. The highest BCUT2D eigenvalue weighted by atomic mass is 16.5. The van der Waals surface area contributed by atoms with Gasteiger partial charge in [0, 0.05) is 5.56 Å². The van der Waals surface area contributed by atoms with Crippen molar-refractivity contribution in [3.05, 3.63) is 35.4 Å². The SMILES string of the molecule is NCCc1ccc(C(=O)NCCOC(N)=O)cc1. The molecule has 6 nitrogen and oxygen atoms in total. The summed E-state index contributed by atoms with van der Waals surface area (Å²) in [6, 6.07) is 7.19. The van der Waals surface area contributed by atoms with Crippen LogP contribution in [0.4, 0.5) is 4.79 Å². The minimum absolute atomic E-state index is 0.0618. The Bertz CT molecular complexity index is 404. The fourth-order valence-corrected chi connectivity index (χ4v) is 1.41. The fourth-order valence-electron chi connectivity index (χ4n) is 1.41. The molecule has 0 aliphatic carbocycles. The van der Waals surface area contributed by atoms with E-state index in [2.05, 4.69) is 10.1 Å². The molecule has 0 radical (unpaired) electrons. The smallest absolute Gasteiger partial charge is 0.404 e. The van der Waals surface area contributed by atoms with Crippen LogP contribution in [0.3, 0.4) is 0 Å². The fraction of sp³-hybridized carbons (Fsp3) is 0.333. The number of benzene rings is 1. The number of carbonyl (C=O) groups excluding carboxylic acids is 2. The van der Waals surface area contributed by atoms with Gasteiger partial charge in [-0.05, 0) is 30.7 Å². The molecule has 0 aliphatic heterocycles. The van der Waals surface area contributed by atoms with Crippen LogP contribution in [-0.2, 0) is 11.2 Å². The Morgan fingerprint density at radius 3 is 2.44 bits per heavy atom. The molecule has 1 aromatic carbocycles. The van der Waals surface area contributed by atoms with E-state index in [0.717, 1.165) is 12.0 Å². The summed E-state index contributed by atoms with van der Waals surface area (Å²) in [5, 5.41) is 2.61. The number of hydrogen-bond acceptors (Lipinski definition) is 4. The normalized spacial score (nSPS) is 9.83. The maximum atomic E-state index is 11.7. The maximum absolute atomic E-state index is 11.7. The topological polar surface area (TPSA) is 107 Å². The summed E-state index contributed by atoms with van der Waals surface area (Å²) < 4.78 is 4.49. The first-order valence-electron chi connectivity index (χ1n) is 5.63. The summed E-state index contributed by atoms with van der Waals surface area (Å²) in [6.07, 6.45) is -0.0654. The molecule has 98 valence electrons. The monoisotopic (exact) mass is 251 g/mol. The van der Waals surface area contributed by atoms with Gasteiger partial charge in [0.15, 0.2) is 0 Å². The Labute approximate surface area is 105 Å². The van der Waals surface area contributed by atoms with Gasteiger partial charge in [-0.3, -0.25) is 4.79 Å². The third-order valence-electron chi connectivity index (χ3n) is 2.28. The first-order chi connectivity index (χ1) is 8.63. The Hall–Kier alpha value is -2.08. The van der Waals surface area contributed by atoms with E-state index in [1.54, 1.807) is 12.1 Å². The van der Waals surface area contributed by atoms with Crippen molar-refractivity contribution in [2.45, 2.75) is 6.42 Å². The van der Waals surface area contributed by atoms with Crippen molar-refractivity contribution >= 4 is 12.0 Å². The molecule has 0 saturated carbocycles. The van der Waals surface area contributed by atoms with E-state index in [9.17, 15) is 9.59 Å². The lowest BCUT2D eigenvalue weighted by Crippen LogP contribution is -2.29. The van der Waals surface area contributed by atoms with Crippen molar-refractivity contribution < 1.29 is 14.3 Å². The molecule has 0 spiro atoms. The van der Waals surface area contributed by atoms with Crippen LogP contribution in [0.15, 0.2) is 24.3 Å². The molecule has 5 N–H and O–H groups in total. The first kappa shape index (κ1) is 14.0. The van der Waals surface area contributed by atoms with E-state index in [0.29, 0.717) is 12.1 Å². The minimum atomic E-state index is -0.851. The van der Waals surface area contributed by atoms with Gasteiger partial charge in [0.2, 0.25) is 0 Å². The molecule has 6 heteroatoms. The molecule has 18 heavy (non-hydrogen) atoms. The van der Waals surface area contributed by atoms with Crippen LogP contribution < -0.4 is 16.8 Å². The van der Waals surface area contributed by atoms with E-state index < -0.39 is 6.09 Å². The molecule has 0 saturated heterocycles. The molecule has 1 rings (SSSR count). The van der Waals surface area contributed by atoms with Gasteiger partial charge in [0.05, 0.1) is 6.54 Å². The second kappa shape index (κ2) is 7.29. The average Bonchev–Trinajstić information content (AvgIpc) is 2.35. The molecule has 2 amide bonds. The first-order valence-corrected chi connectivity index (χ1v) is 5.63. The molecule has 0 atom stereocenters. The zero-order valence-corrected chi connectivity index (χ0v) is 10.0. The summed E-state index contributed by atoms with van der Waals surface area (Å²) in [4.78, 5) is 21.9. The number of rotatable bonds is 6. The van der Waals surface area contributed by atoms with Gasteiger partial charge < -0.3 is 21.5 Å². The lowest BCUT2D eigenvalue weighted by atomic mass is 10.1. The van der Waals surface area contributed by atoms with Gasteiger partial charge in [-0.1, -0.05) is 12.1 Å². The average molecular weight is 251 g/mol. The molecular weight excluding hydrogens is 234 g/mol. The summed E-state index contributed by atoms with van der Waals surface area (Å²) in [5.74, 6) is -0.220. The van der Waals surface area contributed by atoms with E-state index in [4.69, 9.17) is 11.5 Å². The number of nitrogens with one attached hydrogen (secondary N) is 1. The predicted molar refractivity (Wildman–Crippen MR) is 67.1 cm³/mol. The molecule has 0 aromatic heterocycles. The van der Waals surface area contributed by atoms with Crippen LogP contribution in [0.1, 0.15) is 15.9 Å². The lowest BCUT2D eigenvalue weighted by Gasteiger charge is -2.06. The van der Waals surface area contributed by atoms with Gasteiger partial charge in [-0.25, -0.2) is 4.79 Å². The summed E-state index contributed by atoms with van der Waals surface area (Å²) in [7, 11) is 0. The maximum Gasteiger partial charge on any atom is 0.404 e. The summed E-state index contributed by atoms with van der Waals surface area (Å²) >= 11 is 0. The Morgan fingerprint density at radius 2 is 1.89 bits per heavy atom. The van der Waals surface area contributed by atoms with Crippen molar-refractivity contribution in [2.24, 2.45) is 11.5 Å². The van der Waals surface area contributed by atoms with Gasteiger partial charge in [-0.15, -0.1) is 0 Å². The van der Waals surface area contributed by atoms with Gasteiger partial charge in [0.25, 0.3) is 5.91 Å². The highest BCUT2D eigenvalue weighted by Crippen LogP contribution is 2.04. The number of primary amides is 1. The Kier molecular flexibility index (Phi) is 5.66. The standard InChI is InChI=1S/C12H17N3O3/c13-6-5-9-1-3-10(4-2-9)11(16)15-7-8-18-12(14)17/h1-4H,5-8,13H2,(H2,14,17)(H,15,16). The van der Waals surface area contributed by atoms with Gasteiger partial charge in [-0.2, -0.15) is 0 Å². The highest BCUT2D eigenvalue weighted by Gasteiger charge is 2.04. The molecule has 0 unspecified atom stereocenters. The predicted octanol–water partition coefficient (Wildman–Crippen LogP) is 0.0129. The van der Waals surface area contributed by atoms with E-state index in [-0.39, 0.29) is 19.1 Å². The molecule has 1 aromatic rings. The van der Waals surface area contributed by atoms with Crippen molar-refractivity contribution in [1.82, 2.24) is 5.32 Å². The molecule has 0 fully saturated rings. The van der Waals surface area contributed by atoms with Gasteiger partial charge in [0.1, 0.15) is 6.61 Å². The zero-order valence-electron chi connectivity index (χ0n) is 10.0. The van der Waals surface area contributed by atoms with E-state index in [1.165, 1.54) is 0 Å². The third-order valence-corrected chi connectivity index (χ3v) is 2.28. The second-order valence-electron chi connectivity index (χ2n) is 3.66. The van der Waals surface area contributed by atoms with Crippen LogP contribution in [0.2, 0.25) is 0 Å². The van der Waals surface area contributed by atoms with Crippen molar-refractivity contribution in [3.8, 4) is 0 Å². The van der Waals surface area contributed by atoms with E-state index >= 15 is 0 Å². The van der Waals surface area contributed by atoms with Crippen LogP contribution in [0.5, 0.6) is 0 Å². The molecule has 0 heterocycles. The quantitative estimate of drug-likeness (QED) is 0.619. The number of nitrogens with two attached hydrogens (primary N) is 2. The van der Waals surface area contributed by atoms with Crippen molar-refractivity contribution in [3.63, 3.8) is 0 Å². The van der Waals surface area contributed by atoms with Crippen LogP contribution in [-0.4, -0.2) is 31.7 Å². The van der Waals surface area contributed by atoms with Gasteiger partial charge >= 0.3 is 6.09 Å². The number of hydrogen-bond donors (Lipinski definition) is 3. The van der Waals surface area contributed by atoms with Crippen LogP contribution in [0, 0.1) is 0 Å². The Balaban J connectivity index is 2.39.